The number of hydrogen-bond donors (Lipinski definition) is 2. The van der Waals surface area contributed by atoms with Crippen LogP contribution in [0.2, 0.25) is 0 Å². The topological polar surface area (TPSA) is 41.3 Å². The molecule has 0 aromatic heterocycles. The average Bonchev–Trinajstić information content (AvgIpc) is 2.40. The van der Waals surface area contributed by atoms with E-state index in [1.807, 2.05) is 0 Å². The lowest BCUT2D eigenvalue weighted by atomic mass is 9.94. The van der Waals surface area contributed by atoms with Crippen LogP contribution in [0.5, 0.6) is 0 Å². The van der Waals surface area contributed by atoms with Crippen LogP contribution >= 0.6 is 0 Å². The normalized spacial score (nSPS) is 20.6. The van der Waals surface area contributed by atoms with Crippen molar-refractivity contribution in [2.75, 3.05) is 32.7 Å². The molecule has 18 heavy (non-hydrogen) atoms. The molecule has 0 spiro atoms. The van der Waals surface area contributed by atoms with Crippen molar-refractivity contribution in [1.29, 1.82) is 0 Å². The van der Waals surface area contributed by atoms with E-state index in [4.69, 9.17) is 5.73 Å². The summed E-state index contributed by atoms with van der Waals surface area (Å²) < 4.78 is 12.9. The van der Waals surface area contributed by atoms with Gasteiger partial charge in [0.15, 0.2) is 0 Å². The molecule has 100 valence electrons. The second-order valence-electron chi connectivity index (χ2n) is 5.11. The first-order valence-corrected chi connectivity index (χ1v) is 6.61. The monoisotopic (exact) mass is 251 g/mol. The third-order valence-corrected chi connectivity index (χ3v) is 3.62. The van der Waals surface area contributed by atoms with Crippen molar-refractivity contribution >= 4 is 0 Å². The number of rotatable bonds is 4. The first-order valence-electron chi connectivity index (χ1n) is 6.61. The third kappa shape index (κ3) is 3.51. The highest BCUT2D eigenvalue weighted by molar-refractivity contribution is 5.20. The van der Waals surface area contributed by atoms with Gasteiger partial charge in [-0.15, -0.1) is 0 Å². The van der Waals surface area contributed by atoms with Gasteiger partial charge < -0.3 is 16.0 Å². The Bertz CT molecular complexity index is 360. The van der Waals surface area contributed by atoms with Crippen LogP contribution in [0.25, 0.3) is 0 Å². The molecule has 0 bridgehead atoms. The van der Waals surface area contributed by atoms with Gasteiger partial charge in [0.25, 0.3) is 0 Å². The fourth-order valence-electron chi connectivity index (χ4n) is 2.43. The van der Waals surface area contributed by atoms with Gasteiger partial charge in [-0.2, -0.15) is 0 Å². The van der Waals surface area contributed by atoms with Gasteiger partial charge in [-0.25, -0.2) is 4.39 Å². The number of hydrogen-bond acceptors (Lipinski definition) is 3. The maximum absolute atomic E-state index is 12.9. The van der Waals surface area contributed by atoms with E-state index in [9.17, 15) is 4.39 Å². The van der Waals surface area contributed by atoms with Crippen LogP contribution in [0.3, 0.4) is 0 Å². The quantitative estimate of drug-likeness (QED) is 0.849. The lowest BCUT2D eigenvalue weighted by Gasteiger charge is -2.31. The average molecular weight is 251 g/mol. The van der Waals surface area contributed by atoms with Gasteiger partial charge in [0.2, 0.25) is 0 Å². The minimum Gasteiger partial charge on any atom is -0.324 e. The summed E-state index contributed by atoms with van der Waals surface area (Å²) in [5, 5.41) is 3.34. The molecule has 1 aromatic carbocycles. The Hall–Kier alpha value is -0.970. The number of nitrogens with one attached hydrogen (secondary N) is 1. The smallest absolute Gasteiger partial charge is 0.123 e. The summed E-state index contributed by atoms with van der Waals surface area (Å²) in [7, 11) is 0. The SMILES string of the molecule is CC(CN1CCNCC1)C(N)c1ccc(F)cc1. The molecule has 1 fully saturated rings. The lowest BCUT2D eigenvalue weighted by molar-refractivity contribution is 0.199. The van der Waals surface area contributed by atoms with E-state index >= 15 is 0 Å². The summed E-state index contributed by atoms with van der Waals surface area (Å²) in [4.78, 5) is 2.44. The van der Waals surface area contributed by atoms with Crippen LogP contribution < -0.4 is 11.1 Å². The Morgan fingerprint density at radius 1 is 1.28 bits per heavy atom. The van der Waals surface area contributed by atoms with Crippen molar-refractivity contribution in [3.05, 3.63) is 35.6 Å². The first kappa shape index (κ1) is 13.5. The Balaban J connectivity index is 1.91. The van der Waals surface area contributed by atoms with Gasteiger partial charge >= 0.3 is 0 Å². The third-order valence-electron chi connectivity index (χ3n) is 3.62. The van der Waals surface area contributed by atoms with Crippen molar-refractivity contribution in [2.45, 2.75) is 13.0 Å². The molecule has 1 aromatic rings. The van der Waals surface area contributed by atoms with E-state index in [2.05, 4.69) is 17.1 Å². The minimum atomic E-state index is -0.208. The first-order chi connectivity index (χ1) is 8.66. The van der Waals surface area contributed by atoms with Gasteiger partial charge in [0.1, 0.15) is 5.82 Å². The summed E-state index contributed by atoms with van der Waals surface area (Å²) in [5.74, 6) is 0.161. The molecule has 2 atom stereocenters. The standard InChI is InChI=1S/C14H22FN3/c1-11(10-18-8-6-17-7-9-18)14(16)12-2-4-13(15)5-3-12/h2-5,11,14,17H,6-10,16H2,1H3. The van der Waals surface area contributed by atoms with Crippen molar-refractivity contribution in [1.82, 2.24) is 10.2 Å². The molecule has 1 aliphatic rings. The van der Waals surface area contributed by atoms with E-state index in [-0.39, 0.29) is 11.9 Å². The fourth-order valence-corrected chi connectivity index (χ4v) is 2.43. The van der Waals surface area contributed by atoms with Crippen LogP contribution in [0.1, 0.15) is 18.5 Å². The van der Waals surface area contributed by atoms with Crippen molar-refractivity contribution in [3.8, 4) is 0 Å². The Morgan fingerprint density at radius 2 is 1.89 bits per heavy atom. The second-order valence-corrected chi connectivity index (χ2v) is 5.11. The lowest BCUT2D eigenvalue weighted by Crippen LogP contribution is -2.46. The molecule has 2 unspecified atom stereocenters. The molecule has 0 saturated carbocycles. The summed E-state index contributed by atoms with van der Waals surface area (Å²) in [5.41, 5.74) is 7.25. The van der Waals surface area contributed by atoms with E-state index in [1.165, 1.54) is 12.1 Å². The molecule has 1 aliphatic heterocycles. The molecule has 0 aliphatic carbocycles. The molecule has 1 saturated heterocycles. The fraction of sp³-hybridized carbons (Fsp3) is 0.571. The highest BCUT2D eigenvalue weighted by atomic mass is 19.1. The highest BCUT2D eigenvalue weighted by Crippen LogP contribution is 2.20. The molecule has 0 radical (unpaired) electrons. The van der Waals surface area contributed by atoms with Crippen molar-refractivity contribution in [2.24, 2.45) is 11.7 Å². The second kappa shape index (κ2) is 6.27. The number of nitrogens with zero attached hydrogens (tertiary/aromatic N) is 1. The number of benzene rings is 1. The highest BCUT2D eigenvalue weighted by Gasteiger charge is 2.19. The van der Waals surface area contributed by atoms with Gasteiger partial charge in [-0.05, 0) is 23.6 Å². The largest absolute Gasteiger partial charge is 0.324 e. The van der Waals surface area contributed by atoms with Gasteiger partial charge in [-0.3, -0.25) is 0 Å². The summed E-state index contributed by atoms with van der Waals surface area (Å²) in [6.45, 7) is 7.44. The Labute approximate surface area is 108 Å². The molecule has 0 amide bonds. The van der Waals surface area contributed by atoms with E-state index in [0.29, 0.717) is 5.92 Å². The molecule has 2 rings (SSSR count). The summed E-state index contributed by atoms with van der Waals surface area (Å²) >= 11 is 0. The van der Waals surface area contributed by atoms with Gasteiger partial charge in [0, 0.05) is 38.8 Å². The molecular formula is C14H22FN3. The summed E-state index contributed by atoms with van der Waals surface area (Å²) in [6.07, 6.45) is 0. The van der Waals surface area contributed by atoms with Gasteiger partial charge in [-0.1, -0.05) is 19.1 Å². The maximum Gasteiger partial charge on any atom is 0.123 e. The minimum absolute atomic E-state index is 0.0273. The molecule has 3 N–H and O–H groups in total. The van der Waals surface area contributed by atoms with E-state index < -0.39 is 0 Å². The van der Waals surface area contributed by atoms with Crippen molar-refractivity contribution < 1.29 is 4.39 Å². The maximum atomic E-state index is 12.9. The van der Waals surface area contributed by atoms with Crippen LogP contribution in [-0.4, -0.2) is 37.6 Å². The van der Waals surface area contributed by atoms with Crippen LogP contribution in [0.4, 0.5) is 4.39 Å². The number of nitrogens with two attached hydrogens (primary N) is 1. The number of piperazine rings is 1. The van der Waals surface area contributed by atoms with Gasteiger partial charge in [0.05, 0.1) is 0 Å². The number of halogens is 1. The Kier molecular flexibility index (Phi) is 4.69. The van der Waals surface area contributed by atoms with Crippen LogP contribution in [-0.2, 0) is 0 Å². The van der Waals surface area contributed by atoms with Crippen LogP contribution in [0.15, 0.2) is 24.3 Å². The molecule has 4 heteroatoms. The van der Waals surface area contributed by atoms with E-state index in [1.54, 1.807) is 12.1 Å². The molecule has 3 nitrogen and oxygen atoms in total. The zero-order valence-corrected chi connectivity index (χ0v) is 10.9. The predicted octanol–water partition coefficient (Wildman–Crippen LogP) is 1.37. The van der Waals surface area contributed by atoms with E-state index in [0.717, 1.165) is 38.3 Å². The molecule has 1 heterocycles. The zero-order valence-electron chi connectivity index (χ0n) is 10.9. The molecular weight excluding hydrogens is 229 g/mol. The van der Waals surface area contributed by atoms with Crippen molar-refractivity contribution in [3.63, 3.8) is 0 Å². The van der Waals surface area contributed by atoms with Crippen LogP contribution in [0, 0.1) is 11.7 Å². The zero-order chi connectivity index (χ0) is 13.0. The summed E-state index contributed by atoms with van der Waals surface area (Å²) in [6, 6.07) is 6.50. The Morgan fingerprint density at radius 3 is 2.50 bits per heavy atom. The predicted molar refractivity (Wildman–Crippen MR) is 71.8 cm³/mol.